The molecule has 122 valence electrons. The van der Waals surface area contributed by atoms with E-state index in [1.54, 1.807) is 0 Å². The Morgan fingerprint density at radius 3 is 2.29 bits per heavy atom. The second-order valence-electron chi connectivity index (χ2n) is 6.30. The van der Waals surface area contributed by atoms with E-state index in [0.29, 0.717) is 6.42 Å². The van der Waals surface area contributed by atoms with Gasteiger partial charge in [-0.1, -0.05) is 20.8 Å². The molecule has 0 bridgehead atoms. The van der Waals surface area contributed by atoms with Gasteiger partial charge in [-0.05, 0) is 18.3 Å². The number of aliphatic carboxylic acids is 1. The number of ether oxygens (including phenoxy) is 1. The summed E-state index contributed by atoms with van der Waals surface area (Å²) in [6.45, 7) is 6.05. The van der Waals surface area contributed by atoms with Gasteiger partial charge in [-0.2, -0.15) is 0 Å². The van der Waals surface area contributed by atoms with Gasteiger partial charge in [-0.25, -0.2) is 4.79 Å². The zero-order valence-corrected chi connectivity index (χ0v) is 13.1. The largest absolute Gasteiger partial charge is 0.480 e. The first-order valence-corrected chi connectivity index (χ1v) is 6.89. The van der Waals surface area contributed by atoms with Crippen molar-refractivity contribution in [3.05, 3.63) is 0 Å². The molecule has 0 aromatic rings. The van der Waals surface area contributed by atoms with Crippen LogP contribution in [0.1, 0.15) is 46.5 Å². The lowest BCUT2D eigenvalue weighted by atomic mass is 9.87. The number of hydrogen-bond acceptors (Lipinski definition) is 5. The summed E-state index contributed by atoms with van der Waals surface area (Å²) < 4.78 is 4.44. The van der Waals surface area contributed by atoms with Crippen LogP contribution in [0.5, 0.6) is 0 Å². The van der Waals surface area contributed by atoms with Crippen molar-refractivity contribution in [3.8, 4) is 0 Å². The van der Waals surface area contributed by atoms with Crippen LogP contribution < -0.4 is 11.1 Å². The molecule has 0 aromatic carbocycles. The average Bonchev–Trinajstić information content (AvgIpc) is 2.30. The minimum Gasteiger partial charge on any atom is -0.480 e. The van der Waals surface area contributed by atoms with Crippen LogP contribution in [0.25, 0.3) is 0 Å². The standard InChI is InChI=1S/C14H26N2O5/c1-14(2,3)8-9(15)7-11(17)16-10(13(19)20)5-6-12(18)21-4/h9-10H,5-8,15H2,1-4H3,(H,16,17)(H,19,20)/t9?,10-/m1/s1. The lowest BCUT2D eigenvalue weighted by Crippen LogP contribution is -2.43. The minimum absolute atomic E-state index is 0.00319. The molecule has 0 aliphatic heterocycles. The van der Waals surface area contributed by atoms with Crippen LogP contribution in [0, 0.1) is 5.41 Å². The number of nitrogens with two attached hydrogens (primary N) is 1. The zero-order valence-electron chi connectivity index (χ0n) is 13.1. The fraction of sp³-hybridized carbons (Fsp3) is 0.786. The van der Waals surface area contributed by atoms with Crippen molar-refractivity contribution in [2.45, 2.75) is 58.5 Å². The number of carbonyl (C=O) groups is 3. The number of carboxylic acid groups (broad SMARTS) is 1. The Morgan fingerprint density at radius 2 is 1.86 bits per heavy atom. The van der Waals surface area contributed by atoms with Gasteiger partial charge in [0.05, 0.1) is 7.11 Å². The molecule has 0 aliphatic rings. The molecule has 2 atom stereocenters. The van der Waals surface area contributed by atoms with E-state index < -0.39 is 23.9 Å². The lowest BCUT2D eigenvalue weighted by molar-refractivity contribution is -0.144. The number of carboxylic acids is 1. The molecule has 0 aliphatic carbocycles. The third-order valence-electron chi connectivity index (χ3n) is 2.82. The molecular formula is C14H26N2O5. The normalized spacial score (nSPS) is 14.1. The van der Waals surface area contributed by atoms with Crippen molar-refractivity contribution in [2.24, 2.45) is 11.1 Å². The average molecular weight is 302 g/mol. The Kier molecular flexibility index (Phi) is 7.94. The van der Waals surface area contributed by atoms with E-state index in [9.17, 15) is 14.4 Å². The first-order valence-electron chi connectivity index (χ1n) is 6.89. The highest BCUT2D eigenvalue weighted by Crippen LogP contribution is 2.21. The summed E-state index contributed by atoms with van der Waals surface area (Å²) in [6.07, 6.45) is 0.629. The summed E-state index contributed by atoms with van der Waals surface area (Å²) in [7, 11) is 1.22. The van der Waals surface area contributed by atoms with Gasteiger partial charge in [-0.3, -0.25) is 9.59 Å². The number of esters is 1. The van der Waals surface area contributed by atoms with Gasteiger partial charge < -0.3 is 20.9 Å². The van der Waals surface area contributed by atoms with Gasteiger partial charge in [0.25, 0.3) is 0 Å². The highest BCUT2D eigenvalue weighted by atomic mass is 16.5. The summed E-state index contributed by atoms with van der Waals surface area (Å²) >= 11 is 0. The van der Waals surface area contributed by atoms with E-state index >= 15 is 0 Å². The molecule has 4 N–H and O–H groups in total. The molecule has 0 saturated heterocycles. The third-order valence-corrected chi connectivity index (χ3v) is 2.82. The minimum atomic E-state index is -1.18. The first kappa shape index (κ1) is 19.4. The molecule has 0 saturated carbocycles. The maximum Gasteiger partial charge on any atom is 0.326 e. The Bertz CT molecular complexity index is 376. The summed E-state index contributed by atoms with van der Waals surface area (Å²) in [6, 6.07) is -1.45. The van der Waals surface area contributed by atoms with Crippen molar-refractivity contribution in [1.82, 2.24) is 5.32 Å². The quantitative estimate of drug-likeness (QED) is 0.567. The van der Waals surface area contributed by atoms with Gasteiger partial charge in [0, 0.05) is 18.9 Å². The first-order chi connectivity index (χ1) is 9.55. The third kappa shape index (κ3) is 9.84. The molecular weight excluding hydrogens is 276 g/mol. The van der Waals surface area contributed by atoms with Crippen LogP contribution in [0.3, 0.4) is 0 Å². The number of methoxy groups -OCH3 is 1. The predicted molar refractivity (Wildman–Crippen MR) is 77.5 cm³/mol. The monoisotopic (exact) mass is 302 g/mol. The Labute approximate surface area is 125 Å². The number of nitrogens with one attached hydrogen (secondary N) is 1. The number of rotatable bonds is 8. The number of hydrogen-bond donors (Lipinski definition) is 3. The van der Waals surface area contributed by atoms with Crippen molar-refractivity contribution < 1.29 is 24.2 Å². The van der Waals surface area contributed by atoms with Crippen LogP contribution in [0.2, 0.25) is 0 Å². The van der Waals surface area contributed by atoms with Gasteiger partial charge in [0.15, 0.2) is 0 Å². The maximum absolute atomic E-state index is 11.8. The van der Waals surface area contributed by atoms with Gasteiger partial charge in [-0.15, -0.1) is 0 Å². The van der Waals surface area contributed by atoms with Crippen molar-refractivity contribution >= 4 is 17.8 Å². The van der Waals surface area contributed by atoms with Crippen LogP contribution in [-0.4, -0.2) is 42.1 Å². The van der Waals surface area contributed by atoms with Crippen LogP contribution in [0.4, 0.5) is 0 Å². The van der Waals surface area contributed by atoms with Crippen molar-refractivity contribution in [3.63, 3.8) is 0 Å². The molecule has 7 nitrogen and oxygen atoms in total. The van der Waals surface area contributed by atoms with E-state index in [0.717, 1.165) is 0 Å². The fourth-order valence-electron chi connectivity index (χ4n) is 1.97. The van der Waals surface area contributed by atoms with E-state index in [-0.39, 0.29) is 30.7 Å². The lowest BCUT2D eigenvalue weighted by Gasteiger charge is -2.23. The van der Waals surface area contributed by atoms with Crippen LogP contribution >= 0.6 is 0 Å². The van der Waals surface area contributed by atoms with E-state index in [1.165, 1.54) is 7.11 Å². The summed E-state index contributed by atoms with van der Waals surface area (Å²) in [4.78, 5) is 33.9. The summed E-state index contributed by atoms with van der Waals surface area (Å²) in [5, 5.41) is 11.4. The Morgan fingerprint density at radius 1 is 1.29 bits per heavy atom. The Balaban J connectivity index is 4.35. The second-order valence-corrected chi connectivity index (χ2v) is 6.30. The van der Waals surface area contributed by atoms with Gasteiger partial charge >= 0.3 is 11.9 Å². The van der Waals surface area contributed by atoms with Gasteiger partial charge in [0.2, 0.25) is 5.91 Å². The highest BCUT2D eigenvalue weighted by molar-refractivity contribution is 5.84. The van der Waals surface area contributed by atoms with E-state index in [2.05, 4.69) is 10.1 Å². The molecule has 0 radical (unpaired) electrons. The second kappa shape index (κ2) is 8.61. The molecule has 0 fully saturated rings. The molecule has 21 heavy (non-hydrogen) atoms. The highest BCUT2D eigenvalue weighted by Gasteiger charge is 2.23. The van der Waals surface area contributed by atoms with E-state index in [1.807, 2.05) is 20.8 Å². The van der Waals surface area contributed by atoms with Crippen LogP contribution in [0.15, 0.2) is 0 Å². The molecule has 0 aromatic heterocycles. The molecule has 7 heteroatoms. The topological polar surface area (TPSA) is 119 Å². The smallest absolute Gasteiger partial charge is 0.326 e. The number of carbonyl (C=O) groups excluding carboxylic acids is 2. The maximum atomic E-state index is 11.8. The summed E-state index contributed by atoms with van der Waals surface area (Å²) in [5.41, 5.74) is 5.87. The SMILES string of the molecule is COC(=O)CC[C@@H](NC(=O)CC(N)CC(C)(C)C)C(=O)O. The van der Waals surface area contributed by atoms with Crippen LogP contribution in [-0.2, 0) is 19.1 Å². The predicted octanol–water partition coefficient (Wildman–Crippen LogP) is 0.663. The fourth-order valence-corrected chi connectivity index (χ4v) is 1.97. The zero-order chi connectivity index (χ0) is 16.6. The van der Waals surface area contributed by atoms with Gasteiger partial charge in [0.1, 0.15) is 6.04 Å². The molecule has 0 rings (SSSR count). The summed E-state index contributed by atoms with van der Waals surface area (Å²) in [5.74, 6) is -2.12. The molecule has 0 spiro atoms. The molecule has 1 amide bonds. The number of amides is 1. The van der Waals surface area contributed by atoms with Crippen molar-refractivity contribution in [1.29, 1.82) is 0 Å². The van der Waals surface area contributed by atoms with Crippen molar-refractivity contribution in [2.75, 3.05) is 7.11 Å². The molecule has 1 unspecified atom stereocenters. The molecule has 0 heterocycles. The Hall–Kier alpha value is -1.63. The van der Waals surface area contributed by atoms with E-state index in [4.69, 9.17) is 10.8 Å².